The molecule has 2 aromatic rings. The quantitative estimate of drug-likeness (QED) is 0.492. The molecule has 2 rings (SSSR count). The second-order valence-electron chi connectivity index (χ2n) is 5.69. The third-order valence-electron chi connectivity index (χ3n) is 4.14. The lowest BCUT2D eigenvalue weighted by molar-refractivity contribution is 0.0979. The van der Waals surface area contributed by atoms with Gasteiger partial charge in [-0.1, -0.05) is 6.07 Å². The Labute approximate surface area is 163 Å². The zero-order valence-corrected chi connectivity index (χ0v) is 16.7. The minimum Gasteiger partial charge on any atom is -0.497 e. The Morgan fingerprint density at radius 1 is 1.07 bits per heavy atom. The minimum atomic E-state index is -0.444. The number of halogens is 1. The zero-order valence-electron chi connectivity index (χ0n) is 15.9. The van der Waals surface area contributed by atoms with Crippen molar-refractivity contribution in [2.24, 2.45) is 0 Å². The third-order valence-corrected chi connectivity index (χ3v) is 4.99. The van der Waals surface area contributed by atoms with Crippen LogP contribution >= 0.6 is 11.8 Å². The lowest BCUT2D eigenvalue weighted by Crippen LogP contribution is -2.35. The summed E-state index contributed by atoms with van der Waals surface area (Å²) < 4.78 is 29.8. The predicted octanol–water partition coefficient (Wildman–Crippen LogP) is 3.56. The number of carbonyl (C=O) groups is 1. The van der Waals surface area contributed by atoms with Crippen molar-refractivity contribution in [2.45, 2.75) is 11.8 Å². The first kappa shape index (κ1) is 21.1. The van der Waals surface area contributed by atoms with E-state index < -0.39 is 11.2 Å². The lowest BCUT2D eigenvalue weighted by atomic mass is 10.1. The molecule has 0 aliphatic rings. The molecule has 146 valence electrons. The molecule has 0 heterocycles. The topological polar surface area (TPSA) is 56.8 Å². The van der Waals surface area contributed by atoms with Crippen molar-refractivity contribution in [2.75, 3.05) is 34.1 Å². The Kier molecular flexibility index (Phi) is 7.94. The first-order valence-corrected chi connectivity index (χ1v) is 9.68. The highest BCUT2D eigenvalue weighted by molar-refractivity contribution is 7.99. The molecule has 0 saturated heterocycles. The summed E-state index contributed by atoms with van der Waals surface area (Å²) in [6, 6.07) is 10.3. The smallest absolute Gasteiger partial charge is 0.197 e. The average Bonchev–Trinajstić information content (AvgIpc) is 2.71. The van der Waals surface area contributed by atoms with Crippen molar-refractivity contribution < 1.29 is 23.4 Å². The number of ketones is 1. The SMILES string of the molecule is COc1ccc(C(=O)C(NCCc2ccc(OC)c(OC)c2F)SC)cc1. The second kappa shape index (κ2) is 10.2. The standard InChI is InChI=1S/C20H24FNO4S/c1-24-15-8-5-14(6-9-15)18(23)20(27-4)22-12-11-13-7-10-16(25-2)19(26-3)17(13)21/h5-10,20,22H,11-12H2,1-4H3. The number of benzene rings is 2. The Bertz CT molecular complexity index is 767. The molecule has 0 fully saturated rings. The van der Waals surface area contributed by atoms with Gasteiger partial charge in [0.2, 0.25) is 0 Å². The van der Waals surface area contributed by atoms with E-state index in [-0.39, 0.29) is 11.5 Å². The number of Topliss-reactive ketones (excluding diaryl/α,β-unsaturated/α-hetero) is 1. The number of nitrogens with one attached hydrogen (secondary N) is 1. The monoisotopic (exact) mass is 393 g/mol. The van der Waals surface area contributed by atoms with Crippen molar-refractivity contribution >= 4 is 17.5 Å². The van der Waals surface area contributed by atoms with Crippen LogP contribution in [0.4, 0.5) is 4.39 Å². The fourth-order valence-corrected chi connectivity index (χ4v) is 3.29. The predicted molar refractivity (Wildman–Crippen MR) is 106 cm³/mol. The van der Waals surface area contributed by atoms with Gasteiger partial charge < -0.3 is 14.2 Å². The Balaban J connectivity index is 2.00. The van der Waals surface area contributed by atoms with E-state index in [1.165, 1.54) is 26.0 Å². The number of hydrogen-bond acceptors (Lipinski definition) is 6. The maximum absolute atomic E-state index is 14.5. The van der Waals surface area contributed by atoms with Gasteiger partial charge in [0, 0.05) is 12.1 Å². The second-order valence-corrected chi connectivity index (χ2v) is 6.63. The normalized spacial score (nSPS) is 11.7. The summed E-state index contributed by atoms with van der Waals surface area (Å²) in [4.78, 5) is 12.6. The number of ether oxygens (including phenoxy) is 3. The maximum Gasteiger partial charge on any atom is 0.197 e. The van der Waals surface area contributed by atoms with Gasteiger partial charge in [-0.3, -0.25) is 10.1 Å². The van der Waals surface area contributed by atoms with Crippen LogP contribution in [-0.2, 0) is 6.42 Å². The zero-order chi connectivity index (χ0) is 19.8. The Hall–Kier alpha value is -2.25. The highest BCUT2D eigenvalue weighted by Gasteiger charge is 2.19. The summed E-state index contributed by atoms with van der Waals surface area (Å²) in [6.07, 6.45) is 2.27. The molecule has 7 heteroatoms. The van der Waals surface area contributed by atoms with Gasteiger partial charge in [-0.05, 0) is 48.6 Å². The number of thioether (sulfide) groups is 1. The fourth-order valence-electron chi connectivity index (χ4n) is 2.65. The lowest BCUT2D eigenvalue weighted by Gasteiger charge is -2.16. The van der Waals surface area contributed by atoms with Gasteiger partial charge in [0.25, 0.3) is 0 Å². The molecule has 0 aromatic heterocycles. The van der Waals surface area contributed by atoms with Crippen LogP contribution in [0, 0.1) is 5.82 Å². The van der Waals surface area contributed by atoms with E-state index in [4.69, 9.17) is 14.2 Å². The minimum absolute atomic E-state index is 0.0297. The van der Waals surface area contributed by atoms with Gasteiger partial charge in [-0.2, -0.15) is 0 Å². The summed E-state index contributed by atoms with van der Waals surface area (Å²) >= 11 is 1.41. The van der Waals surface area contributed by atoms with E-state index in [2.05, 4.69) is 5.32 Å². The molecule has 0 amide bonds. The molecule has 1 N–H and O–H groups in total. The van der Waals surface area contributed by atoms with Crippen molar-refractivity contribution in [3.63, 3.8) is 0 Å². The van der Waals surface area contributed by atoms with E-state index in [9.17, 15) is 9.18 Å². The maximum atomic E-state index is 14.5. The van der Waals surface area contributed by atoms with E-state index in [1.807, 2.05) is 6.26 Å². The molecular weight excluding hydrogens is 369 g/mol. The Morgan fingerprint density at radius 3 is 2.33 bits per heavy atom. The molecule has 27 heavy (non-hydrogen) atoms. The molecule has 0 spiro atoms. The summed E-state index contributed by atoms with van der Waals surface area (Å²) in [6.45, 7) is 0.444. The molecule has 5 nitrogen and oxygen atoms in total. The van der Waals surface area contributed by atoms with Gasteiger partial charge in [-0.15, -0.1) is 11.8 Å². The van der Waals surface area contributed by atoms with Crippen LogP contribution in [-0.4, -0.2) is 45.3 Å². The fraction of sp³-hybridized carbons (Fsp3) is 0.350. The molecule has 1 unspecified atom stereocenters. The first-order valence-electron chi connectivity index (χ1n) is 8.39. The van der Waals surface area contributed by atoms with Crippen molar-refractivity contribution in [3.05, 3.63) is 53.3 Å². The van der Waals surface area contributed by atoms with Gasteiger partial charge in [0.1, 0.15) is 11.1 Å². The molecule has 0 aliphatic heterocycles. The van der Waals surface area contributed by atoms with Gasteiger partial charge >= 0.3 is 0 Å². The van der Waals surface area contributed by atoms with Crippen LogP contribution in [0.3, 0.4) is 0 Å². The average molecular weight is 393 g/mol. The van der Waals surface area contributed by atoms with Gasteiger partial charge in [-0.25, -0.2) is 4.39 Å². The number of carbonyl (C=O) groups excluding carboxylic acids is 1. The van der Waals surface area contributed by atoms with Gasteiger partial charge in [0.15, 0.2) is 23.1 Å². The first-order chi connectivity index (χ1) is 13.0. The largest absolute Gasteiger partial charge is 0.497 e. The molecule has 0 radical (unpaired) electrons. The van der Waals surface area contributed by atoms with E-state index >= 15 is 0 Å². The molecular formula is C20H24FNO4S. The van der Waals surface area contributed by atoms with E-state index in [0.717, 1.165) is 0 Å². The molecule has 2 aromatic carbocycles. The molecule has 0 bridgehead atoms. The van der Waals surface area contributed by atoms with E-state index in [0.29, 0.717) is 35.6 Å². The molecule has 0 saturated carbocycles. The molecule has 0 aliphatic carbocycles. The van der Waals surface area contributed by atoms with Crippen LogP contribution < -0.4 is 19.5 Å². The number of methoxy groups -OCH3 is 3. The van der Waals surface area contributed by atoms with Crippen LogP contribution in [0.5, 0.6) is 17.2 Å². The summed E-state index contributed by atoms with van der Waals surface area (Å²) in [7, 11) is 4.45. The number of rotatable bonds is 10. The highest BCUT2D eigenvalue weighted by atomic mass is 32.2. The number of hydrogen-bond donors (Lipinski definition) is 1. The summed E-state index contributed by atoms with van der Waals surface area (Å²) in [5.41, 5.74) is 1.09. The summed E-state index contributed by atoms with van der Waals surface area (Å²) in [5, 5.41) is 2.77. The van der Waals surface area contributed by atoms with E-state index in [1.54, 1.807) is 43.5 Å². The van der Waals surface area contributed by atoms with Gasteiger partial charge in [0.05, 0.1) is 21.3 Å². The van der Waals surface area contributed by atoms with Crippen molar-refractivity contribution in [3.8, 4) is 17.2 Å². The van der Waals surface area contributed by atoms with Crippen molar-refractivity contribution in [1.29, 1.82) is 0 Å². The van der Waals surface area contributed by atoms with Crippen LogP contribution in [0.25, 0.3) is 0 Å². The van der Waals surface area contributed by atoms with Crippen LogP contribution in [0.2, 0.25) is 0 Å². The van der Waals surface area contributed by atoms with Crippen LogP contribution in [0.15, 0.2) is 36.4 Å². The molecule has 1 atom stereocenters. The van der Waals surface area contributed by atoms with Crippen LogP contribution in [0.1, 0.15) is 15.9 Å². The highest BCUT2D eigenvalue weighted by Crippen LogP contribution is 2.32. The van der Waals surface area contributed by atoms with Crippen molar-refractivity contribution in [1.82, 2.24) is 5.32 Å². The Morgan fingerprint density at radius 2 is 1.78 bits per heavy atom. The summed E-state index contributed by atoms with van der Waals surface area (Å²) in [5.74, 6) is 0.664. The third kappa shape index (κ3) is 5.14.